The van der Waals surface area contributed by atoms with Crippen LogP contribution in [0.2, 0.25) is 5.15 Å². The van der Waals surface area contributed by atoms with Crippen LogP contribution in [0.25, 0.3) is 0 Å². The first-order valence-corrected chi connectivity index (χ1v) is 10.4. The number of aryl methyl sites for hydroxylation is 1. The average Bonchev–Trinajstić information content (AvgIpc) is 2.78. The summed E-state index contributed by atoms with van der Waals surface area (Å²) in [7, 11) is 1.31. The third-order valence-corrected chi connectivity index (χ3v) is 5.17. The van der Waals surface area contributed by atoms with Crippen LogP contribution in [-0.2, 0) is 24.8 Å². The molecule has 8 heteroatoms. The maximum Gasteiger partial charge on any atom is 0.332 e. The van der Waals surface area contributed by atoms with Crippen LogP contribution < -0.4 is 16.6 Å². The third kappa shape index (κ3) is 5.68. The summed E-state index contributed by atoms with van der Waals surface area (Å²) in [6, 6.07) is 16.1. The van der Waals surface area contributed by atoms with Gasteiger partial charge >= 0.3 is 5.69 Å². The lowest BCUT2D eigenvalue weighted by molar-refractivity contribution is -0.116. The number of benzene rings is 2. The van der Waals surface area contributed by atoms with Crippen LogP contribution >= 0.6 is 11.6 Å². The van der Waals surface area contributed by atoms with Crippen molar-refractivity contribution in [3.05, 3.63) is 91.7 Å². The van der Waals surface area contributed by atoms with Crippen LogP contribution in [0.4, 0.5) is 5.69 Å². The van der Waals surface area contributed by atoms with Gasteiger partial charge in [0.1, 0.15) is 16.6 Å². The molecule has 0 unspecified atom stereocenters. The molecule has 1 amide bonds. The summed E-state index contributed by atoms with van der Waals surface area (Å²) in [4.78, 5) is 37.4. The minimum Gasteiger partial charge on any atom is -0.508 e. The van der Waals surface area contributed by atoms with E-state index in [1.165, 1.54) is 19.2 Å². The Morgan fingerprint density at radius 3 is 2.59 bits per heavy atom. The predicted octanol–water partition coefficient (Wildman–Crippen LogP) is 2.92. The molecule has 1 aromatic heterocycles. The maximum absolute atomic E-state index is 12.5. The summed E-state index contributed by atoms with van der Waals surface area (Å²) in [5.41, 5.74) is 0.192. The number of amides is 1. The monoisotopic (exact) mass is 451 g/mol. The fourth-order valence-corrected chi connectivity index (χ4v) is 3.35. The van der Waals surface area contributed by atoms with Gasteiger partial charge in [0.05, 0.1) is 6.54 Å². The topological polar surface area (TPSA) is 93.3 Å². The molecule has 164 valence electrons. The molecule has 0 atom stereocenters. The van der Waals surface area contributed by atoms with Crippen LogP contribution in [0.1, 0.15) is 24.0 Å². The molecular formula is C24H22ClN3O4. The fourth-order valence-electron chi connectivity index (χ4n) is 3.09. The molecule has 3 aromatic rings. The minimum absolute atomic E-state index is 0.0753. The van der Waals surface area contributed by atoms with Gasteiger partial charge in [-0.3, -0.25) is 18.7 Å². The lowest BCUT2D eigenvalue weighted by atomic mass is 10.1. The second-order valence-electron chi connectivity index (χ2n) is 7.14. The fraction of sp³-hybridized carbons (Fsp3) is 0.208. The number of nitrogens with zero attached hydrogens (tertiary/aromatic N) is 2. The second kappa shape index (κ2) is 10.5. The molecule has 0 fully saturated rings. The van der Waals surface area contributed by atoms with Crippen molar-refractivity contribution in [1.82, 2.24) is 9.13 Å². The summed E-state index contributed by atoms with van der Waals surface area (Å²) in [5, 5.41) is 11.9. The highest BCUT2D eigenvalue weighted by Crippen LogP contribution is 2.16. The molecule has 1 heterocycles. The number of hydrogen-bond donors (Lipinski definition) is 2. The molecular weight excluding hydrogens is 430 g/mol. The van der Waals surface area contributed by atoms with Crippen molar-refractivity contribution >= 4 is 23.2 Å². The number of carbonyl (C=O) groups excluding carboxylic acids is 1. The van der Waals surface area contributed by atoms with E-state index in [0.717, 1.165) is 21.1 Å². The first kappa shape index (κ1) is 22.9. The van der Waals surface area contributed by atoms with Gasteiger partial charge in [0, 0.05) is 19.0 Å². The first-order valence-electron chi connectivity index (χ1n) is 9.98. The number of carbonyl (C=O) groups is 1. The number of aromatic hydroxyl groups is 1. The zero-order valence-corrected chi connectivity index (χ0v) is 18.2. The normalized spacial score (nSPS) is 10.3. The van der Waals surface area contributed by atoms with Crippen LogP contribution in [0.3, 0.4) is 0 Å². The van der Waals surface area contributed by atoms with E-state index in [1.54, 1.807) is 12.1 Å². The zero-order chi connectivity index (χ0) is 23.1. The number of aromatic nitrogens is 2. The Labute approximate surface area is 189 Å². The van der Waals surface area contributed by atoms with Crippen molar-refractivity contribution in [2.75, 3.05) is 5.32 Å². The first-order chi connectivity index (χ1) is 15.4. The number of halogens is 1. The quantitative estimate of drug-likeness (QED) is 0.445. The molecule has 0 bridgehead atoms. The zero-order valence-electron chi connectivity index (χ0n) is 17.5. The van der Waals surface area contributed by atoms with Crippen molar-refractivity contribution in [2.45, 2.75) is 25.8 Å². The lowest BCUT2D eigenvalue weighted by Crippen LogP contribution is -2.40. The van der Waals surface area contributed by atoms with Crippen molar-refractivity contribution < 1.29 is 9.90 Å². The Bertz CT molecular complexity index is 1300. The predicted molar refractivity (Wildman–Crippen MR) is 124 cm³/mol. The molecule has 0 saturated carbocycles. The molecule has 0 aliphatic rings. The molecule has 0 aliphatic heterocycles. The molecule has 7 nitrogen and oxygen atoms in total. The van der Waals surface area contributed by atoms with Gasteiger partial charge in [0.15, 0.2) is 0 Å². The van der Waals surface area contributed by atoms with Gasteiger partial charge in [-0.15, -0.1) is 0 Å². The highest BCUT2D eigenvalue weighted by atomic mass is 35.5. The maximum atomic E-state index is 12.5. The van der Waals surface area contributed by atoms with E-state index in [4.69, 9.17) is 11.6 Å². The van der Waals surface area contributed by atoms with E-state index in [0.29, 0.717) is 12.0 Å². The summed E-state index contributed by atoms with van der Waals surface area (Å²) in [6.45, 7) is -0.0989. The Kier molecular flexibility index (Phi) is 7.53. The highest BCUT2D eigenvalue weighted by molar-refractivity contribution is 6.32. The molecule has 0 saturated heterocycles. The van der Waals surface area contributed by atoms with Gasteiger partial charge in [-0.25, -0.2) is 4.79 Å². The molecule has 0 aliphatic carbocycles. The third-order valence-electron chi connectivity index (χ3n) is 4.77. The van der Waals surface area contributed by atoms with Crippen molar-refractivity contribution in [3.8, 4) is 17.6 Å². The van der Waals surface area contributed by atoms with Gasteiger partial charge in [-0.05, 0) is 36.6 Å². The molecule has 0 radical (unpaired) electrons. The molecule has 2 aromatic carbocycles. The number of nitrogens with one attached hydrogen (secondary N) is 1. The largest absolute Gasteiger partial charge is 0.508 e. The Morgan fingerprint density at radius 2 is 1.88 bits per heavy atom. The number of anilines is 1. The van der Waals surface area contributed by atoms with E-state index in [9.17, 15) is 19.5 Å². The van der Waals surface area contributed by atoms with Gasteiger partial charge in [0.2, 0.25) is 5.91 Å². The van der Waals surface area contributed by atoms with E-state index >= 15 is 0 Å². The number of phenolic OH excluding ortho intramolecular Hbond substituents is 1. The lowest BCUT2D eigenvalue weighted by Gasteiger charge is -2.13. The summed E-state index contributed by atoms with van der Waals surface area (Å²) in [5.74, 6) is 5.33. The highest BCUT2D eigenvalue weighted by Gasteiger charge is 2.17. The number of hydrogen-bond acceptors (Lipinski definition) is 4. The molecule has 32 heavy (non-hydrogen) atoms. The van der Waals surface area contributed by atoms with Gasteiger partial charge in [-0.2, -0.15) is 0 Å². The summed E-state index contributed by atoms with van der Waals surface area (Å²) < 4.78 is 1.99. The van der Waals surface area contributed by atoms with E-state index in [-0.39, 0.29) is 35.5 Å². The average molecular weight is 452 g/mol. The molecule has 0 spiro atoms. The SMILES string of the molecule is Cn1c(=O)c(NC(=O)CCCc2ccccc2)c(Cl)n(CC#Cc2cccc(O)c2)c1=O. The van der Waals surface area contributed by atoms with Crippen LogP contribution in [0.15, 0.2) is 64.2 Å². The molecule has 3 rings (SSSR count). The van der Waals surface area contributed by atoms with Gasteiger partial charge < -0.3 is 10.4 Å². The van der Waals surface area contributed by atoms with Crippen LogP contribution in [0, 0.1) is 11.8 Å². The summed E-state index contributed by atoms with van der Waals surface area (Å²) >= 11 is 6.30. The summed E-state index contributed by atoms with van der Waals surface area (Å²) in [6.07, 6.45) is 1.53. The Balaban J connectivity index is 1.75. The second-order valence-corrected chi connectivity index (χ2v) is 7.50. The van der Waals surface area contributed by atoms with Crippen LogP contribution in [0.5, 0.6) is 5.75 Å². The standard InChI is InChI=1S/C24H22ClN3O4/c1-27-23(31)21(26-20(30)14-6-10-17-8-3-2-4-9-17)22(25)28(24(27)32)15-7-12-18-11-5-13-19(29)16-18/h2-5,8-9,11,13,16,29H,6,10,14-15H2,1H3,(H,26,30). The van der Waals surface area contributed by atoms with E-state index in [2.05, 4.69) is 17.2 Å². The molecule has 2 N–H and O–H groups in total. The smallest absolute Gasteiger partial charge is 0.332 e. The van der Waals surface area contributed by atoms with Crippen molar-refractivity contribution in [3.63, 3.8) is 0 Å². The van der Waals surface area contributed by atoms with Crippen LogP contribution in [-0.4, -0.2) is 20.1 Å². The van der Waals surface area contributed by atoms with Gasteiger partial charge in [-0.1, -0.05) is 59.8 Å². The minimum atomic E-state index is -0.686. The Morgan fingerprint density at radius 1 is 1.12 bits per heavy atom. The number of rotatable bonds is 6. The van der Waals surface area contributed by atoms with Crippen molar-refractivity contribution in [1.29, 1.82) is 0 Å². The van der Waals surface area contributed by atoms with E-state index in [1.807, 2.05) is 30.3 Å². The van der Waals surface area contributed by atoms with E-state index < -0.39 is 11.2 Å². The van der Waals surface area contributed by atoms with Crippen molar-refractivity contribution in [2.24, 2.45) is 7.05 Å². The number of phenols is 1. The Hall–Kier alpha value is -3.76. The van der Waals surface area contributed by atoms with Gasteiger partial charge in [0.25, 0.3) is 5.56 Å².